The molecule has 2 unspecified atom stereocenters. The molecule has 4 fully saturated rings. The number of halogens is 1. The zero-order valence-corrected chi connectivity index (χ0v) is 18.7. The smallest absolute Gasteiger partial charge is 0.192 e. The molecule has 5 rings (SSSR count). The molecule has 1 heterocycles. The summed E-state index contributed by atoms with van der Waals surface area (Å²) >= 11 is 0. The van der Waals surface area contributed by atoms with Crippen LogP contribution in [0.5, 0.6) is 0 Å². The summed E-state index contributed by atoms with van der Waals surface area (Å²) in [7, 11) is 0. The highest BCUT2D eigenvalue weighted by molar-refractivity contribution is 5.92. The van der Waals surface area contributed by atoms with Crippen molar-refractivity contribution in [1.29, 1.82) is 0 Å². The van der Waals surface area contributed by atoms with Gasteiger partial charge in [-0.25, -0.2) is 4.39 Å². The Kier molecular flexibility index (Phi) is 5.05. The molecule has 0 spiro atoms. The number of alkyl halides is 1. The lowest BCUT2D eigenvalue weighted by atomic mass is 9.44. The molecule has 1 saturated heterocycles. The van der Waals surface area contributed by atoms with Crippen molar-refractivity contribution in [3.05, 3.63) is 11.6 Å². The van der Waals surface area contributed by atoms with Gasteiger partial charge in [-0.2, -0.15) is 0 Å². The Balaban J connectivity index is 1.56. The normalized spacial score (nSPS) is 52.0. The molecule has 0 amide bonds. The summed E-state index contributed by atoms with van der Waals surface area (Å²) in [6.07, 6.45) is 0.848. The molecule has 32 heavy (non-hydrogen) atoms. The van der Waals surface area contributed by atoms with Crippen molar-refractivity contribution in [1.82, 2.24) is 0 Å². The average molecular weight is 453 g/mol. The minimum Gasteiger partial charge on any atom is -0.390 e. The van der Waals surface area contributed by atoms with E-state index in [2.05, 4.69) is 0 Å². The van der Waals surface area contributed by atoms with E-state index in [1.54, 1.807) is 13.0 Å². The van der Waals surface area contributed by atoms with Crippen LogP contribution >= 0.6 is 0 Å². The number of aliphatic hydroxyl groups is 3. The van der Waals surface area contributed by atoms with E-state index in [1.165, 1.54) is 0 Å². The van der Waals surface area contributed by atoms with Gasteiger partial charge in [-0.1, -0.05) is 19.4 Å². The van der Waals surface area contributed by atoms with Gasteiger partial charge in [0, 0.05) is 23.2 Å². The zero-order valence-electron chi connectivity index (χ0n) is 18.7. The number of hydrogen-bond acceptors (Lipinski definition) is 7. The summed E-state index contributed by atoms with van der Waals surface area (Å²) < 4.78 is 28.3. The van der Waals surface area contributed by atoms with Crippen LogP contribution in [-0.2, 0) is 19.1 Å². The van der Waals surface area contributed by atoms with Gasteiger partial charge in [0.25, 0.3) is 0 Å². The monoisotopic (exact) mass is 452 g/mol. The number of aliphatic hydroxyl groups excluding tert-OH is 2. The molecule has 4 aliphatic carbocycles. The van der Waals surface area contributed by atoms with Crippen LogP contribution < -0.4 is 0 Å². The van der Waals surface area contributed by atoms with E-state index in [9.17, 15) is 24.9 Å². The summed E-state index contributed by atoms with van der Waals surface area (Å²) in [6.45, 7) is 3.45. The lowest BCUT2D eigenvalue weighted by molar-refractivity contribution is -0.232. The van der Waals surface area contributed by atoms with Crippen LogP contribution in [0.3, 0.4) is 0 Å². The Hall–Kier alpha value is -1.19. The maximum absolute atomic E-state index is 17.2. The maximum atomic E-state index is 17.2. The van der Waals surface area contributed by atoms with E-state index in [1.807, 2.05) is 6.92 Å². The molecule has 0 bridgehead atoms. The number of rotatable bonds is 5. The molecule has 0 radical (unpaired) electrons. The molecule has 178 valence electrons. The van der Waals surface area contributed by atoms with E-state index >= 15 is 4.39 Å². The number of fused-ring (bicyclic) bond motifs is 5. The van der Waals surface area contributed by atoms with Gasteiger partial charge in [0.15, 0.2) is 17.2 Å². The first-order chi connectivity index (χ1) is 15.0. The number of allylic oxidation sites excluding steroid dienone is 1. The van der Waals surface area contributed by atoms with Crippen molar-refractivity contribution in [3.8, 4) is 0 Å². The second kappa shape index (κ2) is 7.15. The van der Waals surface area contributed by atoms with Crippen LogP contribution in [0.2, 0.25) is 0 Å². The summed E-state index contributed by atoms with van der Waals surface area (Å²) in [4.78, 5) is 24.9. The first-order valence-corrected chi connectivity index (χ1v) is 11.7. The van der Waals surface area contributed by atoms with Crippen molar-refractivity contribution >= 4 is 11.6 Å². The number of ketones is 2. The molecule has 9 atom stereocenters. The summed E-state index contributed by atoms with van der Waals surface area (Å²) in [6, 6.07) is 0. The van der Waals surface area contributed by atoms with Gasteiger partial charge in [-0.3, -0.25) is 9.59 Å². The quantitative estimate of drug-likeness (QED) is 0.538. The van der Waals surface area contributed by atoms with Crippen molar-refractivity contribution in [3.63, 3.8) is 0 Å². The predicted molar refractivity (Wildman–Crippen MR) is 110 cm³/mol. The summed E-state index contributed by atoms with van der Waals surface area (Å²) in [5.41, 5.74) is -5.36. The van der Waals surface area contributed by atoms with Crippen LogP contribution in [0.25, 0.3) is 0 Å². The summed E-state index contributed by atoms with van der Waals surface area (Å²) in [5, 5.41) is 32.8. The number of hydrogen-bond donors (Lipinski definition) is 3. The lowest BCUT2D eigenvalue weighted by Gasteiger charge is -2.63. The van der Waals surface area contributed by atoms with Gasteiger partial charge >= 0.3 is 0 Å². The van der Waals surface area contributed by atoms with E-state index in [-0.39, 0.29) is 37.8 Å². The minimum absolute atomic E-state index is 0.00537. The van der Waals surface area contributed by atoms with Gasteiger partial charge in [-0.05, 0) is 44.1 Å². The molecule has 7 nitrogen and oxygen atoms in total. The predicted octanol–water partition coefficient (Wildman–Crippen LogP) is 1.27. The maximum Gasteiger partial charge on any atom is 0.192 e. The van der Waals surface area contributed by atoms with Gasteiger partial charge in [0.05, 0.1) is 25.4 Å². The Labute approximate surface area is 187 Å². The van der Waals surface area contributed by atoms with Gasteiger partial charge in [-0.15, -0.1) is 0 Å². The van der Waals surface area contributed by atoms with Crippen molar-refractivity contribution < 1.29 is 38.8 Å². The van der Waals surface area contributed by atoms with E-state index in [4.69, 9.17) is 9.47 Å². The molecule has 1 aliphatic heterocycles. The fraction of sp³-hybridized carbons (Fsp3) is 0.833. The third-order valence-electron chi connectivity index (χ3n) is 9.69. The van der Waals surface area contributed by atoms with Crippen LogP contribution in [0.4, 0.5) is 4.39 Å². The number of ether oxygens (including phenoxy) is 2. The van der Waals surface area contributed by atoms with Crippen LogP contribution in [0.15, 0.2) is 11.6 Å². The molecule has 3 saturated carbocycles. The van der Waals surface area contributed by atoms with Crippen LogP contribution in [0.1, 0.15) is 52.4 Å². The largest absolute Gasteiger partial charge is 0.390 e. The molecule has 0 aromatic heterocycles. The first kappa shape index (κ1) is 22.6. The highest BCUT2D eigenvalue weighted by Crippen LogP contribution is 2.70. The minimum atomic E-state index is -2.02. The molecule has 0 aromatic carbocycles. The Morgan fingerprint density at radius 1 is 1.31 bits per heavy atom. The van der Waals surface area contributed by atoms with E-state index in [0.29, 0.717) is 25.9 Å². The third kappa shape index (κ3) is 2.70. The average Bonchev–Trinajstić information content (AvgIpc) is 3.55. The lowest BCUT2D eigenvalue weighted by Crippen LogP contribution is -2.70. The third-order valence-corrected chi connectivity index (χ3v) is 9.69. The fourth-order valence-electron chi connectivity index (χ4n) is 7.76. The molecular weight excluding hydrogens is 419 g/mol. The SMILES string of the molecule is C[C@]12CCC(=O)C=C1CC[C@H]1[C@@H]3C[C@@H](OCC4CO4)[C@](O)(C(=O)CO)[C@@]3(C)C[C@H](O)C12F. The summed E-state index contributed by atoms with van der Waals surface area (Å²) in [5.74, 6) is -1.78. The second-order valence-corrected chi connectivity index (χ2v) is 11.0. The topological polar surface area (TPSA) is 117 Å². The molecule has 3 N–H and O–H groups in total. The van der Waals surface area contributed by atoms with Gasteiger partial charge in [0.2, 0.25) is 0 Å². The number of carbonyl (C=O) groups is 2. The zero-order chi connectivity index (χ0) is 23.1. The fourth-order valence-corrected chi connectivity index (χ4v) is 7.76. The Morgan fingerprint density at radius 2 is 2.03 bits per heavy atom. The second-order valence-electron chi connectivity index (χ2n) is 11.0. The highest BCUT2D eigenvalue weighted by atomic mass is 19.1. The van der Waals surface area contributed by atoms with Crippen molar-refractivity contribution in [2.24, 2.45) is 22.7 Å². The van der Waals surface area contributed by atoms with E-state index < -0.39 is 58.5 Å². The number of epoxide rings is 1. The molecule has 8 heteroatoms. The van der Waals surface area contributed by atoms with Crippen LogP contribution in [-0.4, -0.2) is 76.3 Å². The molecular formula is C24H33FO7. The molecule has 0 aromatic rings. The Morgan fingerprint density at radius 3 is 2.69 bits per heavy atom. The standard InChI is InChI=1S/C24H33FO7/c1-21-6-5-14(27)7-13(21)3-4-16-17-8-20(32-12-15-11-31-15)24(30,19(29)10-26)22(17,2)9-18(28)23(16,21)25/h7,15-18,20,26,28,30H,3-6,8-12H2,1-2H3/t15?,16-,17-,18-,20+,21-,22-,23?,24+/m0/s1. The molecule has 5 aliphatic rings. The van der Waals surface area contributed by atoms with Gasteiger partial charge in [0.1, 0.15) is 18.4 Å². The van der Waals surface area contributed by atoms with E-state index in [0.717, 1.165) is 5.57 Å². The Bertz CT molecular complexity index is 870. The van der Waals surface area contributed by atoms with Crippen LogP contribution in [0, 0.1) is 22.7 Å². The van der Waals surface area contributed by atoms with Crippen molar-refractivity contribution in [2.75, 3.05) is 19.8 Å². The number of Topliss-reactive ketones (excluding diaryl/α,β-unsaturated/α-hetero) is 1. The first-order valence-electron chi connectivity index (χ1n) is 11.7. The van der Waals surface area contributed by atoms with Gasteiger partial charge < -0.3 is 24.8 Å². The number of carbonyl (C=O) groups excluding carboxylic acids is 2. The van der Waals surface area contributed by atoms with Crippen molar-refractivity contribution in [2.45, 2.75) is 82.0 Å². The highest BCUT2D eigenvalue weighted by Gasteiger charge is 2.76.